The molecule has 0 saturated carbocycles. The van der Waals surface area contributed by atoms with Crippen LogP contribution in [0.2, 0.25) is 0 Å². The average molecular weight is 514 g/mol. The Labute approximate surface area is 217 Å². The fourth-order valence-corrected chi connectivity index (χ4v) is 5.49. The maximum absolute atomic E-state index is 12.5. The largest absolute Gasteiger partial charge is 0.399 e. The predicted molar refractivity (Wildman–Crippen MR) is 141 cm³/mol. The van der Waals surface area contributed by atoms with Gasteiger partial charge in [-0.3, -0.25) is 14.3 Å². The Morgan fingerprint density at radius 3 is 2.50 bits per heavy atom. The molecular formula is C29H27N3O6. The van der Waals surface area contributed by atoms with Crippen LogP contribution in [-0.2, 0) is 22.5 Å². The van der Waals surface area contributed by atoms with E-state index >= 15 is 0 Å². The van der Waals surface area contributed by atoms with Crippen LogP contribution in [0.1, 0.15) is 17.4 Å². The van der Waals surface area contributed by atoms with Crippen molar-refractivity contribution in [3.05, 3.63) is 111 Å². The van der Waals surface area contributed by atoms with Gasteiger partial charge in [-0.25, -0.2) is 4.79 Å². The van der Waals surface area contributed by atoms with Gasteiger partial charge in [0.05, 0.1) is 13.2 Å². The van der Waals surface area contributed by atoms with Crippen molar-refractivity contribution in [2.24, 2.45) is 0 Å². The van der Waals surface area contributed by atoms with Crippen molar-refractivity contribution in [2.45, 2.75) is 37.1 Å². The van der Waals surface area contributed by atoms with Crippen molar-refractivity contribution >= 4 is 5.69 Å². The summed E-state index contributed by atoms with van der Waals surface area (Å²) in [6, 6.07) is 22.9. The molecule has 2 aliphatic rings. The number of hydrogen-bond acceptors (Lipinski definition) is 7. The van der Waals surface area contributed by atoms with Gasteiger partial charge in [-0.05, 0) is 57.6 Å². The summed E-state index contributed by atoms with van der Waals surface area (Å²) in [4.78, 5) is 26.2. The number of H-pyrrole nitrogens is 1. The zero-order valence-electron chi connectivity index (χ0n) is 20.4. The van der Waals surface area contributed by atoms with Crippen molar-refractivity contribution in [3.8, 4) is 22.3 Å². The molecule has 5 N–H and O–H groups in total. The molecule has 9 nitrogen and oxygen atoms in total. The van der Waals surface area contributed by atoms with Crippen molar-refractivity contribution in [3.63, 3.8) is 0 Å². The van der Waals surface area contributed by atoms with Crippen LogP contribution in [0.15, 0.2) is 88.6 Å². The first-order valence-electron chi connectivity index (χ1n) is 12.4. The SMILES string of the molecule is Nc1cccc(-c2cc3c(c(-c4ccccc4)c2)C[C@@]2(OC3)[C@H](O)CO[C@@H](n3ccc(=O)[nH]c3=O)[C@@H]2O)c1. The van der Waals surface area contributed by atoms with Gasteiger partial charge in [0.2, 0.25) is 0 Å². The Balaban J connectivity index is 1.47. The Bertz CT molecular complexity index is 1610. The van der Waals surface area contributed by atoms with Crippen LogP contribution in [0.3, 0.4) is 0 Å². The van der Waals surface area contributed by atoms with Gasteiger partial charge in [0.1, 0.15) is 17.8 Å². The highest BCUT2D eigenvalue weighted by Gasteiger charge is 2.55. The average Bonchev–Trinajstić information content (AvgIpc) is 2.92. The van der Waals surface area contributed by atoms with Crippen LogP contribution < -0.4 is 17.0 Å². The molecule has 1 spiro atoms. The molecule has 4 atom stereocenters. The second kappa shape index (κ2) is 9.38. The summed E-state index contributed by atoms with van der Waals surface area (Å²) >= 11 is 0. The molecule has 1 saturated heterocycles. The summed E-state index contributed by atoms with van der Waals surface area (Å²) in [5.41, 5.74) is 9.73. The van der Waals surface area contributed by atoms with E-state index in [-0.39, 0.29) is 19.6 Å². The number of nitrogen functional groups attached to an aromatic ring is 1. The third-order valence-corrected chi connectivity index (χ3v) is 7.48. The fraction of sp³-hybridized carbons (Fsp3) is 0.241. The van der Waals surface area contributed by atoms with E-state index in [4.69, 9.17) is 15.2 Å². The molecular weight excluding hydrogens is 486 g/mol. The molecule has 0 radical (unpaired) electrons. The van der Waals surface area contributed by atoms with E-state index in [1.807, 2.05) is 60.7 Å². The monoisotopic (exact) mass is 513 g/mol. The molecule has 9 heteroatoms. The topological polar surface area (TPSA) is 140 Å². The lowest BCUT2D eigenvalue weighted by Gasteiger charge is -2.50. The Hall–Kier alpha value is -4.02. The first kappa shape index (κ1) is 24.3. The van der Waals surface area contributed by atoms with E-state index in [2.05, 4.69) is 11.1 Å². The first-order valence-corrected chi connectivity index (χ1v) is 12.4. The Morgan fingerprint density at radius 1 is 0.947 bits per heavy atom. The zero-order valence-corrected chi connectivity index (χ0v) is 20.4. The number of aromatic nitrogens is 2. The smallest absolute Gasteiger partial charge is 0.330 e. The summed E-state index contributed by atoms with van der Waals surface area (Å²) in [6.07, 6.45) is -2.26. The number of fused-ring (bicyclic) bond motifs is 1. The summed E-state index contributed by atoms with van der Waals surface area (Å²) in [6.45, 7) is -0.0304. The van der Waals surface area contributed by atoms with Gasteiger partial charge in [-0.15, -0.1) is 0 Å². The van der Waals surface area contributed by atoms with Gasteiger partial charge in [0.15, 0.2) is 6.23 Å². The maximum atomic E-state index is 12.5. The lowest BCUT2D eigenvalue weighted by molar-refractivity contribution is -0.284. The van der Waals surface area contributed by atoms with Crippen molar-refractivity contribution in [1.29, 1.82) is 0 Å². The molecule has 194 valence electrons. The Morgan fingerprint density at radius 2 is 1.74 bits per heavy atom. The molecule has 0 amide bonds. The maximum Gasteiger partial charge on any atom is 0.330 e. The minimum Gasteiger partial charge on any atom is -0.399 e. The lowest BCUT2D eigenvalue weighted by atomic mass is 9.76. The van der Waals surface area contributed by atoms with Crippen LogP contribution in [0, 0.1) is 0 Å². The van der Waals surface area contributed by atoms with Crippen LogP contribution in [-0.4, -0.2) is 44.2 Å². The summed E-state index contributed by atoms with van der Waals surface area (Å²) in [5.74, 6) is 0. The Kier molecular flexibility index (Phi) is 6.00. The van der Waals surface area contributed by atoms with E-state index < -0.39 is 35.3 Å². The molecule has 1 fully saturated rings. The lowest BCUT2D eigenvalue weighted by Crippen LogP contribution is -2.65. The molecule has 2 aliphatic heterocycles. The van der Waals surface area contributed by atoms with Gasteiger partial charge in [-0.2, -0.15) is 0 Å². The van der Waals surface area contributed by atoms with E-state index in [0.29, 0.717) is 5.69 Å². The first-order chi connectivity index (χ1) is 18.4. The van der Waals surface area contributed by atoms with E-state index in [1.165, 1.54) is 12.3 Å². The number of rotatable bonds is 3. The molecule has 3 heterocycles. The predicted octanol–water partition coefficient (Wildman–Crippen LogP) is 2.22. The van der Waals surface area contributed by atoms with Crippen LogP contribution in [0.4, 0.5) is 5.69 Å². The number of anilines is 1. The number of aliphatic hydroxyl groups is 2. The van der Waals surface area contributed by atoms with Crippen LogP contribution >= 0.6 is 0 Å². The number of benzene rings is 3. The van der Waals surface area contributed by atoms with Gasteiger partial charge < -0.3 is 25.4 Å². The van der Waals surface area contributed by atoms with Crippen LogP contribution in [0.25, 0.3) is 22.3 Å². The molecule has 0 bridgehead atoms. The summed E-state index contributed by atoms with van der Waals surface area (Å²) in [5, 5.41) is 22.7. The van der Waals surface area contributed by atoms with E-state index in [9.17, 15) is 19.8 Å². The molecule has 0 aliphatic carbocycles. The number of ether oxygens (including phenoxy) is 2. The van der Waals surface area contributed by atoms with Crippen molar-refractivity contribution in [2.75, 3.05) is 12.3 Å². The van der Waals surface area contributed by atoms with Crippen molar-refractivity contribution in [1.82, 2.24) is 9.55 Å². The van der Waals surface area contributed by atoms with Gasteiger partial charge in [-0.1, -0.05) is 42.5 Å². The van der Waals surface area contributed by atoms with E-state index in [0.717, 1.165) is 37.9 Å². The van der Waals surface area contributed by atoms with Crippen molar-refractivity contribution < 1.29 is 19.7 Å². The minimum absolute atomic E-state index is 0.132. The minimum atomic E-state index is -1.44. The fourth-order valence-electron chi connectivity index (χ4n) is 5.49. The molecule has 0 unspecified atom stereocenters. The van der Waals surface area contributed by atoms with Gasteiger partial charge in [0.25, 0.3) is 5.56 Å². The third-order valence-electron chi connectivity index (χ3n) is 7.48. The summed E-state index contributed by atoms with van der Waals surface area (Å²) < 4.78 is 13.1. The number of aromatic amines is 1. The summed E-state index contributed by atoms with van der Waals surface area (Å²) in [7, 11) is 0. The number of hydrogen-bond donors (Lipinski definition) is 4. The number of nitrogens with zero attached hydrogens (tertiary/aromatic N) is 1. The molecule has 3 aromatic carbocycles. The third kappa shape index (κ3) is 4.06. The molecule has 6 rings (SSSR count). The highest BCUT2D eigenvalue weighted by molar-refractivity contribution is 5.78. The second-order valence-corrected chi connectivity index (χ2v) is 9.78. The quantitative estimate of drug-likeness (QED) is 0.308. The highest BCUT2D eigenvalue weighted by Crippen LogP contribution is 2.44. The highest BCUT2D eigenvalue weighted by atomic mass is 16.6. The van der Waals surface area contributed by atoms with Crippen LogP contribution in [0.5, 0.6) is 0 Å². The second-order valence-electron chi connectivity index (χ2n) is 9.78. The van der Waals surface area contributed by atoms with Gasteiger partial charge >= 0.3 is 5.69 Å². The number of nitrogens with two attached hydrogens (primary N) is 1. The van der Waals surface area contributed by atoms with E-state index in [1.54, 1.807) is 0 Å². The standard InChI is InChI=1S/C29H27N3O6/c30-21-8-4-7-18(12-21)19-11-20-15-38-29(14-23(20)22(13-19)17-5-2-1-3-6-17)24(33)16-37-27(26(29)35)32-10-9-25(34)31-28(32)36/h1-13,24,26-27,33,35H,14-16,30H2,(H,31,34,36)/t24-,26+,27-,29-/m1/s1. The molecule has 38 heavy (non-hydrogen) atoms. The van der Waals surface area contributed by atoms with Gasteiger partial charge in [0, 0.05) is 24.4 Å². The number of nitrogens with one attached hydrogen (secondary N) is 1. The normalized spacial score (nSPS) is 24.7. The molecule has 4 aromatic rings. The zero-order chi connectivity index (χ0) is 26.4. The number of aliphatic hydroxyl groups excluding tert-OH is 2. The molecule has 1 aromatic heterocycles.